The molecule has 0 aromatic heterocycles. The summed E-state index contributed by atoms with van der Waals surface area (Å²) in [5.74, 6) is -0.194. The van der Waals surface area contributed by atoms with E-state index in [2.05, 4.69) is 5.32 Å². The van der Waals surface area contributed by atoms with E-state index < -0.39 is 11.6 Å². The van der Waals surface area contributed by atoms with Gasteiger partial charge in [-0.15, -0.1) is 0 Å². The van der Waals surface area contributed by atoms with Crippen molar-refractivity contribution in [2.45, 2.75) is 51.8 Å². The van der Waals surface area contributed by atoms with E-state index in [1.54, 1.807) is 20.8 Å². The Hall–Kier alpha value is -0.610. The van der Waals surface area contributed by atoms with Gasteiger partial charge in [-0.25, -0.2) is 0 Å². The number of amides is 1. The van der Waals surface area contributed by atoms with Crippen LogP contribution in [0.3, 0.4) is 0 Å². The maximum Gasteiger partial charge on any atom is 0.239 e. The van der Waals surface area contributed by atoms with E-state index in [-0.39, 0.29) is 11.9 Å². The predicted molar refractivity (Wildman–Crippen MR) is 52.2 cm³/mol. The molecule has 0 spiro atoms. The van der Waals surface area contributed by atoms with Crippen LogP contribution >= 0.6 is 0 Å². The van der Waals surface area contributed by atoms with Gasteiger partial charge in [0.1, 0.15) is 0 Å². The highest BCUT2D eigenvalue weighted by Gasteiger charge is 2.23. The zero-order chi connectivity index (χ0) is 10.6. The third kappa shape index (κ3) is 5.60. The van der Waals surface area contributed by atoms with Gasteiger partial charge in [-0.1, -0.05) is 0 Å². The fourth-order valence-corrected chi connectivity index (χ4v) is 0.980. The largest absolute Gasteiger partial charge is 0.393 e. The molecule has 4 heteroatoms. The summed E-state index contributed by atoms with van der Waals surface area (Å²) in [6.45, 7) is 6.83. The number of rotatable bonds is 4. The van der Waals surface area contributed by atoms with Gasteiger partial charge in [0.25, 0.3) is 0 Å². The molecule has 4 N–H and O–H groups in total. The lowest BCUT2D eigenvalue weighted by Gasteiger charge is -2.22. The SMILES string of the molecule is CC(O)CC(C)NC(=O)C(C)(C)N. The van der Waals surface area contributed by atoms with Crippen LogP contribution in [0.4, 0.5) is 0 Å². The molecule has 0 aromatic carbocycles. The summed E-state index contributed by atoms with van der Waals surface area (Å²) in [6, 6.07) is -0.0460. The number of nitrogens with two attached hydrogens (primary N) is 1. The summed E-state index contributed by atoms with van der Waals surface area (Å²) in [7, 11) is 0. The van der Waals surface area contributed by atoms with Gasteiger partial charge in [0.15, 0.2) is 0 Å². The minimum absolute atomic E-state index is 0.0460. The fourth-order valence-electron chi connectivity index (χ4n) is 0.980. The minimum atomic E-state index is -0.854. The number of aliphatic hydroxyl groups is 1. The zero-order valence-electron chi connectivity index (χ0n) is 8.79. The topological polar surface area (TPSA) is 75.3 Å². The maximum atomic E-state index is 11.3. The Kier molecular flexibility index (Phi) is 4.36. The van der Waals surface area contributed by atoms with Crippen molar-refractivity contribution in [3.05, 3.63) is 0 Å². The van der Waals surface area contributed by atoms with E-state index in [9.17, 15) is 4.79 Å². The molecule has 0 rings (SSSR count). The fraction of sp³-hybridized carbons (Fsp3) is 0.889. The second kappa shape index (κ2) is 4.58. The van der Waals surface area contributed by atoms with Crippen LogP contribution in [0.25, 0.3) is 0 Å². The molecule has 0 aliphatic rings. The van der Waals surface area contributed by atoms with Crippen LogP contribution in [-0.4, -0.2) is 28.7 Å². The van der Waals surface area contributed by atoms with Gasteiger partial charge in [-0.2, -0.15) is 0 Å². The van der Waals surface area contributed by atoms with Crippen molar-refractivity contribution in [1.29, 1.82) is 0 Å². The summed E-state index contributed by atoms with van der Waals surface area (Å²) in [5.41, 5.74) is 4.73. The van der Waals surface area contributed by atoms with Crippen LogP contribution in [0, 0.1) is 0 Å². The highest BCUT2D eigenvalue weighted by atomic mass is 16.3. The van der Waals surface area contributed by atoms with Crippen molar-refractivity contribution in [3.63, 3.8) is 0 Å². The molecule has 4 nitrogen and oxygen atoms in total. The van der Waals surface area contributed by atoms with Crippen molar-refractivity contribution < 1.29 is 9.90 Å². The van der Waals surface area contributed by atoms with Gasteiger partial charge in [-0.05, 0) is 34.1 Å². The standard InChI is InChI=1S/C9H20N2O2/c1-6(5-7(2)12)11-8(13)9(3,4)10/h6-7,12H,5,10H2,1-4H3,(H,11,13). The molecule has 0 radical (unpaired) electrons. The molecule has 2 atom stereocenters. The van der Waals surface area contributed by atoms with Crippen molar-refractivity contribution in [2.24, 2.45) is 5.73 Å². The van der Waals surface area contributed by atoms with Crippen molar-refractivity contribution >= 4 is 5.91 Å². The molecular formula is C9H20N2O2. The van der Waals surface area contributed by atoms with E-state index in [1.165, 1.54) is 0 Å². The van der Waals surface area contributed by atoms with Gasteiger partial charge in [0.05, 0.1) is 11.6 Å². The molecule has 0 aromatic rings. The van der Waals surface area contributed by atoms with Crippen LogP contribution in [0.1, 0.15) is 34.1 Å². The molecule has 2 unspecified atom stereocenters. The lowest BCUT2D eigenvalue weighted by atomic mass is 10.0. The first-order valence-corrected chi connectivity index (χ1v) is 4.51. The lowest BCUT2D eigenvalue weighted by molar-refractivity contribution is -0.126. The quantitative estimate of drug-likeness (QED) is 0.581. The Labute approximate surface area is 79.5 Å². The Bertz CT molecular complexity index is 173. The van der Waals surface area contributed by atoms with Gasteiger partial charge in [-0.3, -0.25) is 4.79 Å². The molecular weight excluding hydrogens is 168 g/mol. The number of carbonyl (C=O) groups excluding carboxylic acids is 1. The Balaban J connectivity index is 3.93. The van der Waals surface area contributed by atoms with Gasteiger partial charge >= 0.3 is 0 Å². The van der Waals surface area contributed by atoms with Gasteiger partial charge < -0.3 is 16.2 Å². The van der Waals surface area contributed by atoms with Crippen molar-refractivity contribution in [1.82, 2.24) is 5.32 Å². The average molecular weight is 188 g/mol. The Morgan fingerprint density at radius 2 is 2.00 bits per heavy atom. The average Bonchev–Trinajstić information content (AvgIpc) is 1.82. The van der Waals surface area contributed by atoms with Crippen molar-refractivity contribution in [2.75, 3.05) is 0 Å². The summed E-state index contributed by atoms with van der Waals surface area (Å²) in [6.07, 6.45) is 0.137. The smallest absolute Gasteiger partial charge is 0.239 e. The molecule has 0 saturated carbocycles. The van der Waals surface area contributed by atoms with Crippen LogP contribution in [-0.2, 0) is 4.79 Å². The first-order valence-electron chi connectivity index (χ1n) is 4.51. The summed E-state index contributed by atoms with van der Waals surface area (Å²) in [5, 5.41) is 11.8. The predicted octanol–water partition coefficient (Wildman–Crippen LogP) is -0.000700. The van der Waals surface area contributed by atoms with E-state index in [1.807, 2.05) is 6.92 Å². The normalized spacial score (nSPS) is 16.5. The number of hydrogen-bond acceptors (Lipinski definition) is 3. The Morgan fingerprint density at radius 3 is 2.31 bits per heavy atom. The number of carbonyl (C=O) groups is 1. The van der Waals surface area contributed by atoms with Crippen molar-refractivity contribution in [3.8, 4) is 0 Å². The summed E-state index contributed by atoms with van der Waals surface area (Å²) >= 11 is 0. The highest BCUT2D eigenvalue weighted by molar-refractivity contribution is 5.85. The molecule has 78 valence electrons. The molecule has 0 saturated heterocycles. The van der Waals surface area contributed by atoms with Crippen LogP contribution in [0.2, 0.25) is 0 Å². The number of nitrogens with one attached hydrogen (secondary N) is 1. The second-order valence-electron chi connectivity index (χ2n) is 4.18. The molecule has 0 aliphatic heterocycles. The number of hydrogen-bond donors (Lipinski definition) is 3. The summed E-state index contributed by atoms with van der Waals surface area (Å²) < 4.78 is 0. The first kappa shape index (κ1) is 12.4. The summed E-state index contributed by atoms with van der Waals surface area (Å²) in [4.78, 5) is 11.3. The number of aliphatic hydroxyl groups excluding tert-OH is 1. The third-order valence-electron chi connectivity index (χ3n) is 1.66. The van der Waals surface area contributed by atoms with Crippen LogP contribution in [0.5, 0.6) is 0 Å². The second-order valence-corrected chi connectivity index (χ2v) is 4.18. The highest BCUT2D eigenvalue weighted by Crippen LogP contribution is 2.01. The zero-order valence-corrected chi connectivity index (χ0v) is 8.79. The molecule has 0 bridgehead atoms. The monoisotopic (exact) mass is 188 g/mol. The van der Waals surface area contributed by atoms with Gasteiger partial charge in [0.2, 0.25) is 5.91 Å². The molecule has 13 heavy (non-hydrogen) atoms. The van der Waals surface area contributed by atoms with Gasteiger partial charge in [0, 0.05) is 6.04 Å². The molecule has 0 heterocycles. The van der Waals surface area contributed by atoms with E-state index >= 15 is 0 Å². The van der Waals surface area contributed by atoms with E-state index in [0.29, 0.717) is 6.42 Å². The first-order chi connectivity index (χ1) is 5.73. The Morgan fingerprint density at radius 1 is 1.54 bits per heavy atom. The minimum Gasteiger partial charge on any atom is -0.393 e. The molecule has 0 aliphatic carbocycles. The lowest BCUT2D eigenvalue weighted by Crippen LogP contribution is -2.51. The molecule has 1 amide bonds. The van der Waals surface area contributed by atoms with E-state index in [4.69, 9.17) is 10.8 Å². The van der Waals surface area contributed by atoms with Crippen LogP contribution in [0.15, 0.2) is 0 Å². The maximum absolute atomic E-state index is 11.3. The molecule has 0 fully saturated rings. The third-order valence-corrected chi connectivity index (χ3v) is 1.66. The van der Waals surface area contributed by atoms with Crippen LogP contribution < -0.4 is 11.1 Å². The van der Waals surface area contributed by atoms with E-state index in [0.717, 1.165) is 0 Å².